The van der Waals surface area contributed by atoms with Gasteiger partial charge in [0.2, 0.25) is 0 Å². The van der Waals surface area contributed by atoms with Gasteiger partial charge in [0.1, 0.15) is 0 Å². The van der Waals surface area contributed by atoms with Crippen LogP contribution in [0.4, 0.5) is 0 Å². The summed E-state index contributed by atoms with van der Waals surface area (Å²) in [6.45, 7) is 0. The Balaban J connectivity index is 0.0000000828. The second kappa shape index (κ2) is 28.2. The Morgan fingerprint density at radius 3 is 0.864 bits per heavy atom. The van der Waals surface area contributed by atoms with Crippen LogP contribution in [0.15, 0.2) is 449 Å². The van der Waals surface area contributed by atoms with Crippen LogP contribution in [0.25, 0.3) is 131 Å². The highest BCUT2D eigenvalue weighted by Gasteiger charge is 2.59. The average molecular weight is 1940 g/mol. The largest absolute Gasteiger partial charge is 0.488 e. The highest BCUT2D eigenvalue weighted by molar-refractivity contribution is 9.11. The van der Waals surface area contributed by atoms with Gasteiger partial charge in [-0.2, -0.15) is 0 Å². The van der Waals surface area contributed by atoms with Crippen molar-refractivity contribution in [2.24, 2.45) is 0 Å². The Labute approximate surface area is 797 Å². The van der Waals surface area contributed by atoms with Crippen molar-refractivity contribution in [2.75, 3.05) is 0 Å². The predicted octanol–water partition coefficient (Wildman–Crippen LogP) is 31.1. The van der Waals surface area contributed by atoms with Gasteiger partial charge in [0, 0.05) is 17.9 Å². The Morgan fingerprint density at radius 2 is 0.439 bits per heavy atom. The molecule has 10 aliphatic carbocycles. The molecule has 0 radical (unpaired) electrons. The molecule has 0 aromatic heterocycles. The third-order valence-electron chi connectivity index (χ3n) is 31.1. The smallest absolute Gasteiger partial charge is 0.423 e. The van der Waals surface area contributed by atoms with Gasteiger partial charge in [0.15, 0.2) is 0 Å². The van der Waals surface area contributed by atoms with E-state index in [-0.39, 0.29) is 27.1 Å². The van der Waals surface area contributed by atoms with Crippen molar-refractivity contribution in [3.63, 3.8) is 0 Å². The summed E-state index contributed by atoms with van der Waals surface area (Å²) >= 11 is 14.6. The molecule has 0 unspecified atom stereocenters. The van der Waals surface area contributed by atoms with Gasteiger partial charge >= 0.3 is 7.12 Å². The first kappa shape index (κ1) is 77.1. The highest BCUT2D eigenvalue weighted by atomic mass is 79.9. The maximum absolute atomic E-state index is 9.74. The summed E-state index contributed by atoms with van der Waals surface area (Å²) in [5.74, 6) is 0. The summed E-state index contributed by atoms with van der Waals surface area (Å²) in [7, 11) is -1.47. The minimum Gasteiger partial charge on any atom is -0.423 e. The minimum atomic E-state index is -1.47. The molecule has 5 spiro atoms. The van der Waals surface area contributed by atoms with Crippen LogP contribution >= 0.6 is 63.7 Å². The molecular formula is C125H73BBr4O2. The minimum absolute atomic E-state index is 0.0246. The van der Waals surface area contributed by atoms with Gasteiger partial charge in [-0.1, -0.05) is 440 Å². The van der Waals surface area contributed by atoms with Crippen molar-refractivity contribution in [2.45, 2.75) is 27.1 Å². The number of fused-ring (bicyclic) bond motifs is 32. The maximum atomic E-state index is 9.74. The van der Waals surface area contributed by atoms with Crippen molar-refractivity contribution in [3.8, 4) is 66.8 Å². The fraction of sp³-hybridized carbons (Fsp3) is 0.0400. The van der Waals surface area contributed by atoms with Crippen LogP contribution in [-0.4, -0.2) is 17.2 Å². The Kier molecular flexibility index (Phi) is 16.5. The lowest BCUT2D eigenvalue weighted by Crippen LogP contribution is -2.43. The van der Waals surface area contributed by atoms with E-state index >= 15 is 0 Å². The van der Waals surface area contributed by atoms with Gasteiger partial charge in [0.05, 0.1) is 27.1 Å². The van der Waals surface area contributed by atoms with Crippen LogP contribution in [0.5, 0.6) is 0 Å². The molecule has 22 aromatic carbocycles. The van der Waals surface area contributed by atoms with Crippen LogP contribution < -0.4 is 5.46 Å². The van der Waals surface area contributed by atoms with Gasteiger partial charge in [-0.15, -0.1) is 0 Å². The monoisotopic (exact) mass is 1930 g/mol. The molecule has 7 heteroatoms. The average Bonchev–Trinajstić information content (AvgIpc) is 1.08. The lowest BCUT2D eigenvalue weighted by atomic mass is 9.49. The lowest BCUT2D eigenvalue weighted by molar-refractivity contribution is 0.425. The molecule has 132 heavy (non-hydrogen) atoms. The summed E-state index contributed by atoms with van der Waals surface area (Å²) in [5.41, 5.74) is 43.5. The highest BCUT2D eigenvalue weighted by Crippen LogP contribution is 2.70. The first-order chi connectivity index (χ1) is 64.9. The summed E-state index contributed by atoms with van der Waals surface area (Å²) < 4.78 is 4.52. The molecule has 616 valence electrons. The lowest BCUT2D eigenvalue weighted by Gasteiger charge is -2.52. The van der Waals surface area contributed by atoms with Crippen molar-refractivity contribution < 1.29 is 10.0 Å². The van der Waals surface area contributed by atoms with Gasteiger partial charge in [-0.3, -0.25) is 0 Å². The van der Waals surface area contributed by atoms with Gasteiger partial charge in [-0.25, -0.2) is 0 Å². The van der Waals surface area contributed by atoms with Crippen LogP contribution in [0, 0.1) is 0 Å². The molecule has 2 N–H and O–H groups in total. The van der Waals surface area contributed by atoms with E-state index in [4.69, 9.17) is 0 Å². The van der Waals surface area contributed by atoms with Gasteiger partial charge < -0.3 is 10.0 Å². The Bertz CT molecular complexity index is 8700. The van der Waals surface area contributed by atoms with E-state index in [1.54, 1.807) is 0 Å². The zero-order valence-corrected chi connectivity index (χ0v) is 77.3. The van der Waals surface area contributed by atoms with Crippen LogP contribution in [0.3, 0.4) is 0 Å². The summed E-state index contributed by atoms with van der Waals surface area (Å²) in [4.78, 5) is 0. The molecule has 0 saturated heterocycles. The van der Waals surface area contributed by atoms with E-state index in [9.17, 15) is 10.0 Å². The molecule has 0 heterocycles. The van der Waals surface area contributed by atoms with Gasteiger partial charge in [0.25, 0.3) is 0 Å². The van der Waals surface area contributed by atoms with Crippen molar-refractivity contribution in [1.29, 1.82) is 0 Å². The molecule has 0 fully saturated rings. The fourth-order valence-corrected chi connectivity index (χ4v) is 27.7. The van der Waals surface area contributed by atoms with Gasteiger partial charge in [-0.05, 0) is 303 Å². The van der Waals surface area contributed by atoms with E-state index < -0.39 is 7.12 Å². The first-order valence-electron chi connectivity index (χ1n) is 45.3. The van der Waals surface area contributed by atoms with Crippen molar-refractivity contribution in [3.05, 3.63) is 560 Å². The second-order valence-electron chi connectivity index (χ2n) is 36.7. The summed E-state index contributed by atoms with van der Waals surface area (Å²) in [6.07, 6.45) is 0. The van der Waals surface area contributed by atoms with Crippen LogP contribution in [0.1, 0.15) is 111 Å². The zero-order valence-electron chi connectivity index (χ0n) is 71.0. The number of benzene rings is 22. The van der Waals surface area contributed by atoms with Crippen molar-refractivity contribution in [1.82, 2.24) is 0 Å². The van der Waals surface area contributed by atoms with E-state index in [1.807, 2.05) is 18.2 Å². The molecule has 32 rings (SSSR count). The number of hydrogen-bond donors (Lipinski definition) is 2. The molecule has 10 aliphatic rings. The number of rotatable bonds is 3. The van der Waals surface area contributed by atoms with Crippen LogP contribution in [0.2, 0.25) is 0 Å². The first-order valence-corrected chi connectivity index (χ1v) is 48.5. The summed E-state index contributed by atoms with van der Waals surface area (Å²) in [5, 5.41) is 35.9. The van der Waals surface area contributed by atoms with Crippen molar-refractivity contribution >= 4 is 141 Å². The summed E-state index contributed by atoms with van der Waals surface area (Å²) in [6, 6.07) is 157. The van der Waals surface area contributed by atoms with E-state index in [0.29, 0.717) is 5.46 Å². The molecule has 0 aliphatic heterocycles. The van der Waals surface area contributed by atoms with Crippen LogP contribution in [-0.2, 0) is 27.1 Å². The molecule has 0 bridgehead atoms. The third kappa shape index (κ3) is 9.80. The Hall–Kier alpha value is -13.7. The molecule has 0 amide bonds. The quantitative estimate of drug-likeness (QED) is 0.173. The standard InChI is InChI=1S/C29H17Br.C27H15Br.C23H15BO2.2C23H13Br/c30-21-9-3-8-19(16-21)20-14-15-23-22-10-1-2-11-24(22)29(27(23)17-20)25-12-4-6-18-7-5-13-26(29)28(18)25;28-18-12-10-16(11-13-18)19-14-15-24-26-20(19)6-3-9-23(26)27(24)21-7-1-4-17-5-2-8-22(27)25(17)21;25-24(26)15-11-12-17-16-7-1-2-8-18(16)23(21(17)13-15)19-9-3-5-14-6-4-10-20(23)22(14)19;24-15-12-14-6-5-11-20-22(14)21(13-15)23(20)18-9-3-1-7-16(18)17-8-2-4-10-19(17)23;24-15-11-12-17-16-7-1-2-8-18(16)23(21(17)13-15)19-9-3-5-14-6-4-10-20(23)22(14)19/h1-17H;1-15H;1-13,25-26H;2*1-13H. The topological polar surface area (TPSA) is 40.5 Å². The molecule has 0 atom stereocenters. The van der Waals surface area contributed by atoms with E-state index in [2.05, 4.69) is 476 Å². The molecule has 22 aromatic rings. The number of hydrogen-bond acceptors (Lipinski definition) is 2. The molecule has 0 saturated carbocycles. The van der Waals surface area contributed by atoms with E-state index in [0.717, 1.165) is 23.5 Å². The zero-order chi connectivity index (χ0) is 87.6. The number of halogens is 4. The fourth-order valence-electron chi connectivity index (χ4n) is 26.2. The normalized spacial score (nSPS) is 14.9. The molecule has 2 nitrogen and oxygen atoms in total. The SMILES string of the molecule is Brc1cc2c3c(cccc3c1)C21c2ccccc2-c2ccccc21.Brc1ccc(-c2ccc3c4c(cccc24)C32c3cccc4cccc2c34)cc1.Brc1ccc2c(c1)C1(c3ccccc3-2)c2cccc3cccc1c23.Brc1cccc(-c2ccc3c(c2)C2(c4ccccc4-3)c3cccc4cccc2c34)c1.OB(O)c1ccc2c(c1)C1(c3ccccc3-2)c2cccc3cccc1c23. The second-order valence-corrected chi connectivity index (χ2v) is 40.4. The predicted molar refractivity (Wildman–Crippen MR) is 558 cm³/mol. The maximum Gasteiger partial charge on any atom is 0.488 e. The third-order valence-corrected chi connectivity index (χ3v) is 33.1. The Morgan fingerprint density at radius 1 is 0.159 bits per heavy atom. The molecular weight excluding hydrogens is 1860 g/mol. The van der Waals surface area contributed by atoms with E-state index in [1.165, 1.54) is 237 Å².